The Kier molecular flexibility index (Phi) is 13.5. The van der Waals surface area contributed by atoms with Crippen molar-refractivity contribution >= 4 is 35.7 Å². The number of esters is 1. The summed E-state index contributed by atoms with van der Waals surface area (Å²) < 4.78 is 9.73. The molecule has 2 aromatic rings. The first-order valence-electron chi connectivity index (χ1n) is 13.2. The molecule has 3 atom stereocenters. The third-order valence-electron chi connectivity index (χ3n) is 5.81. The van der Waals surface area contributed by atoms with Crippen LogP contribution in [0.25, 0.3) is 0 Å². The molecule has 1 aromatic heterocycles. The number of imidazole rings is 1. The SMILES string of the molecule is COC(=O)CNC(=O)[C@H](CC(C)C)NC(=O)[C@H](CC(N)=O)NC(=O)[C@@H](Cc1cnc[nH]1)NC(=O)OCc1ccccc1. The van der Waals surface area contributed by atoms with Crippen molar-refractivity contribution in [2.45, 2.75) is 57.8 Å². The van der Waals surface area contributed by atoms with Gasteiger partial charge < -0.3 is 41.5 Å². The molecule has 228 valence electrons. The number of primary amides is 1. The monoisotopic (exact) mass is 587 g/mol. The number of ether oxygens (including phenoxy) is 2. The molecule has 0 unspecified atom stereocenters. The molecule has 7 N–H and O–H groups in total. The van der Waals surface area contributed by atoms with Crippen LogP contribution in [0.3, 0.4) is 0 Å². The third-order valence-corrected chi connectivity index (χ3v) is 5.81. The van der Waals surface area contributed by atoms with E-state index in [-0.39, 0.29) is 25.4 Å². The number of aromatic nitrogens is 2. The lowest BCUT2D eigenvalue weighted by Crippen LogP contribution is -2.58. The van der Waals surface area contributed by atoms with Gasteiger partial charge in [0.1, 0.15) is 31.3 Å². The van der Waals surface area contributed by atoms with E-state index in [1.165, 1.54) is 12.5 Å². The number of nitrogens with zero attached hydrogens (tertiary/aromatic N) is 1. The number of amides is 5. The first kappa shape index (κ1) is 33.3. The third kappa shape index (κ3) is 12.1. The first-order chi connectivity index (χ1) is 20.0. The van der Waals surface area contributed by atoms with Crippen LogP contribution in [0.2, 0.25) is 0 Å². The van der Waals surface area contributed by atoms with Crippen molar-refractivity contribution < 1.29 is 38.2 Å². The van der Waals surface area contributed by atoms with E-state index in [4.69, 9.17) is 10.5 Å². The first-order valence-corrected chi connectivity index (χ1v) is 13.2. The number of hydrogen-bond acceptors (Lipinski definition) is 9. The zero-order valence-electron chi connectivity index (χ0n) is 23.7. The topological polar surface area (TPSA) is 224 Å². The Morgan fingerprint density at radius 3 is 2.19 bits per heavy atom. The van der Waals surface area contributed by atoms with Gasteiger partial charge in [-0.15, -0.1) is 0 Å². The lowest BCUT2D eigenvalue weighted by Gasteiger charge is -2.25. The van der Waals surface area contributed by atoms with Crippen LogP contribution in [0, 0.1) is 5.92 Å². The zero-order valence-corrected chi connectivity index (χ0v) is 23.7. The van der Waals surface area contributed by atoms with Gasteiger partial charge in [-0.3, -0.25) is 24.0 Å². The van der Waals surface area contributed by atoms with Crippen molar-refractivity contribution in [2.24, 2.45) is 11.7 Å². The van der Waals surface area contributed by atoms with E-state index in [2.05, 4.69) is 36.0 Å². The standard InChI is InChI=1S/C27H37N7O8/c1-16(2)9-19(24(37)30-13-23(36)41-3)32-26(39)21(11-22(28)35)33-25(38)20(10-18-12-29-15-31-18)34-27(40)42-14-17-7-5-4-6-8-17/h4-8,12,15-16,19-21H,9-11,13-14H2,1-3H3,(H2,28,35)(H,29,31)(H,30,37)(H,32,39)(H,33,38)(H,34,40)/t19-,20+,21-/m0/s1. The summed E-state index contributed by atoms with van der Waals surface area (Å²) in [4.78, 5) is 81.7. The maximum Gasteiger partial charge on any atom is 0.408 e. The minimum absolute atomic E-state index is 0.0479. The van der Waals surface area contributed by atoms with Gasteiger partial charge in [0, 0.05) is 18.3 Å². The van der Waals surface area contributed by atoms with Gasteiger partial charge in [0.05, 0.1) is 19.9 Å². The number of nitrogens with one attached hydrogen (secondary N) is 5. The van der Waals surface area contributed by atoms with Crippen LogP contribution >= 0.6 is 0 Å². The van der Waals surface area contributed by atoms with Crippen LogP contribution in [-0.4, -0.2) is 77.4 Å². The number of aromatic amines is 1. The Labute approximate surface area is 242 Å². The molecule has 15 heteroatoms. The van der Waals surface area contributed by atoms with Gasteiger partial charge in [-0.2, -0.15) is 0 Å². The second kappa shape index (κ2) is 17.0. The summed E-state index contributed by atoms with van der Waals surface area (Å²) in [6.45, 7) is 3.17. The number of benzene rings is 1. The van der Waals surface area contributed by atoms with E-state index < -0.39 is 66.8 Å². The van der Waals surface area contributed by atoms with Gasteiger partial charge in [-0.05, 0) is 17.9 Å². The van der Waals surface area contributed by atoms with E-state index in [1.807, 2.05) is 19.9 Å². The van der Waals surface area contributed by atoms with Gasteiger partial charge in [0.15, 0.2) is 0 Å². The largest absolute Gasteiger partial charge is 0.468 e. The average Bonchev–Trinajstić information content (AvgIpc) is 3.46. The molecule has 0 saturated heterocycles. The van der Waals surface area contributed by atoms with E-state index >= 15 is 0 Å². The van der Waals surface area contributed by atoms with Gasteiger partial charge in [-0.25, -0.2) is 9.78 Å². The summed E-state index contributed by atoms with van der Waals surface area (Å²) in [5.41, 5.74) is 6.55. The van der Waals surface area contributed by atoms with Crippen LogP contribution in [0.5, 0.6) is 0 Å². The maximum atomic E-state index is 13.3. The van der Waals surface area contributed by atoms with E-state index in [0.29, 0.717) is 5.69 Å². The number of H-pyrrole nitrogens is 1. The highest BCUT2D eigenvalue weighted by Gasteiger charge is 2.31. The second-order valence-electron chi connectivity index (χ2n) is 9.76. The predicted molar refractivity (Wildman–Crippen MR) is 148 cm³/mol. The molecule has 0 bridgehead atoms. The average molecular weight is 588 g/mol. The van der Waals surface area contributed by atoms with Crippen LogP contribution < -0.4 is 27.0 Å². The van der Waals surface area contributed by atoms with Crippen molar-refractivity contribution in [3.8, 4) is 0 Å². The zero-order chi connectivity index (χ0) is 31.1. The van der Waals surface area contributed by atoms with Gasteiger partial charge in [0.25, 0.3) is 0 Å². The van der Waals surface area contributed by atoms with Crippen molar-refractivity contribution in [1.29, 1.82) is 0 Å². The number of hydrogen-bond donors (Lipinski definition) is 6. The number of carbonyl (C=O) groups excluding carboxylic acids is 6. The van der Waals surface area contributed by atoms with Crippen molar-refractivity contribution in [1.82, 2.24) is 31.2 Å². The fourth-order valence-corrected chi connectivity index (χ4v) is 3.75. The molecule has 0 spiro atoms. The quantitative estimate of drug-likeness (QED) is 0.138. The molecule has 0 radical (unpaired) electrons. The van der Waals surface area contributed by atoms with Crippen LogP contribution in [0.15, 0.2) is 42.9 Å². The summed E-state index contributed by atoms with van der Waals surface area (Å²) in [6.07, 6.45) is 1.49. The molecule has 1 aromatic carbocycles. The van der Waals surface area contributed by atoms with E-state index in [9.17, 15) is 28.8 Å². The van der Waals surface area contributed by atoms with E-state index in [0.717, 1.165) is 12.7 Å². The van der Waals surface area contributed by atoms with Gasteiger partial charge in [-0.1, -0.05) is 44.2 Å². The van der Waals surface area contributed by atoms with Crippen molar-refractivity contribution in [2.75, 3.05) is 13.7 Å². The minimum Gasteiger partial charge on any atom is -0.468 e. The van der Waals surface area contributed by atoms with Crippen molar-refractivity contribution in [3.63, 3.8) is 0 Å². The highest BCUT2D eigenvalue weighted by Crippen LogP contribution is 2.08. The highest BCUT2D eigenvalue weighted by atomic mass is 16.5. The minimum atomic E-state index is -1.48. The smallest absolute Gasteiger partial charge is 0.408 e. The molecular weight excluding hydrogens is 550 g/mol. The van der Waals surface area contributed by atoms with Crippen molar-refractivity contribution in [3.05, 3.63) is 54.1 Å². The Hall–Kier alpha value is -4.95. The lowest BCUT2D eigenvalue weighted by molar-refractivity contribution is -0.141. The fourth-order valence-electron chi connectivity index (χ4n) is 3.75. The Morgan fingerprint density at radius 1 is 0.929 bits per heavy atom. The molecule has 0 aliphatic carbocycles. The summed E-state index contributed by atoms with van der Waals surface area (Å²) in [7, 11) is 1.16. The summed E-state index contributed by atoms with van der Waals surface area (Å²) >= 11 is 0. The number of rotatable bonds is 16. The summed E-state index contributed by atoms with van der Waals surface area (Å²) in [5.74, 6) is -3.98. The normalized spacial score (nSPS) is 12.8. The van der Waals surface area contributed by atoms with Gasteiger partial charge >= 0.3 is 12.1 Å². The molecule has 0 fully saturated rings. The van der Waals surface area contributed by atoms with Crippen LogP contribution in [-0.2, 0) is 46.5 Å². The molecule has 5 amide bonds. The van der Waals surface area contributed by atoms with E-state index in [1.54, 1.807) is 24.3 Å². The fraction of sp³-hybridized carbons (Fsp3) is 0.444. The predicted octanol–water partition coefficient (Wildman–Crippen LogP) is -0.572. The number of carbonyl (C=O) groups is 6. The summed E-state index contributed by atoms with van der Waals surface area (Å²) in [6, 6.07) is 5.08. The summed E-state index contributed by atoms with van der Waals surface area (Å²) in [5, 5.41) is 9.78. The maximum absolute atomic E-state index is 13.3. The van der Waals surface area contributed by atoms with Crippen LogP contribution in [0.1, 0.15) is 37.9 Å². The Bertz CT molecular complexity index is 1200. The molecule has 0 aliphatic rings. The molecule has 42 heavy (non-hydrogen) atoms. The number of alkyl carbamates (subject to hydrolysis) is 1. The molecule has 0 aliphatic heterocycles. The Balaban J connectivity index is 2.15. The highest BCUT2D eigenvalue weighted by molar-refractivity contribution is 5.96. The lowest BCUT2D eigenvalue weighted by atomic mass is 10.0. The number of methoxy groups -OCH3 is 1. The molecule has 2 rings (SSSR count). The second-order valence-corrected chi connectivity index (χ2v) is 9.76. The van der Waals surface area contributed by atoms with Crippen LogP contribution in [0.4, 0.5) is 4.79 Å². The Morgan fingerprint density at radius 2 is 1.60 bits per heavy atom. The molecule has 1 heterocycles. The van der Waals surface area contributed by atoms with Gasteiger partial charge in [0.2, 0.25) is 23.6 Å². The molecule has 0 saturated carbocycles. The molecule has 15 nitrogen and oxygen atoms in total. The molecular formula is C27H37N7O8. The number of nitrogens with two attached hydrogens (primary N) is 1.